The van der Waals surface area contributed by atoms with Gasteiger partial charge < -0.3 is 15.5 Å². The van der Waals surface area contributed by atoms with Gasteiger partial charge in [-0.1, -0.05) is 0 Å². The number of nitrogens with zero attached hydrogens (tertiary/aromatic N) is 1. The van der Waals surface area contributed by atoms with Gasteiger partial charge in [-0.15, -0.1) is 0 Å². The molecule has 114 valence electrons. The number of rotatable bonds is 6. The molecule has 1 amide bonds. The van der Waals surface area contributed by atoms with E-state index < -0.39 is 52.3 Å². The molecule has 0 aromatic heterocycles. The monoisotopic (exact) mass is 304 g/mol. The SMILES string of the molecule is O=C(N[C@@H](CCO)C(=O)O)c1cc([N+](=O)[O-])c(F)cc1F. The van der Waals surface area contributed by atoms with Gasteiger partial charge in [0.1, 0.15) is 11.9 Å². The van der Waals surface area contributed by atoms with Crippen LogP contribution in [0.15, 0.2) is 12.1 Å². The summed E-state index contributed by atoms with van der Waals surface area (Å²) in [6, 6.07) is -0.974. The van der Waals surface area contributed by atoms with Crippen LogP contribution in [-0.2, 0) is 4.79 Å². The van der Waals surface area contributed by atoms with Crippen molar-refractivity contribution in [2.24, 2.45) is 0 Å². The molecule has 1 aromatic carbocycles. The van der Waals surface area contributed by atoms with Crippen LogP contribution in [0.25, 0.3) is 0 Å². The molecule has 0 aliphatic carbocycles. The van der Waals surface area contributed by atoms with E-state index in [9.17, 15) is 28.5 Å². The van der Waals surface area contributed by atoms with E-state index in [0.29, 0.717) is 6.07 Å². The molecule has 0 radical (unpaired) electrons. The number of carboxylic acid groups (broad SMARTS) is 1. The summed E-state index contributed by atoms with van der Waals surface area (Å²) < 4.78 is 26.6. The number of nitrogens with one attached hydrogen (secondary N) is 1. The smallest absolute Gasteiger partial charge is 0.326 e. The number of hydrogen-bond donors (Lipinski definition) is 3. The van der Waals surface area contributed by atoms with Crippen LogP contribution in [0, 0.1) is 21.7 Å². The number of aliphatic hydroxyl groups excluding tert-OH is 1. The number of nitro groups is 1. The minimum absolute atomic E-state index is 0.162. The van der Waals surface area contributed by atoms with Crippen molar-refractivity contribution in [2.45, 2.75) is 12.5 Å². The van der Waals surface area contributed by atoms with Crippen molar-refractivity contribution in [3.8, 4) is 0 Å². The van der Waals surface area contributed by atoms with Crippen LogP contribution in [0.2, 0.25) is 0 Å². The van der Waals surface area contributed by atoms with E-state index >= 15 is 0 Å². The summed E-state index contributed by atoms with van der Waals surface area (Å²) in [5.41, 5.74) is -1.98. The number of nitro benzene ring substituents is 1. The Balaban J connectivity index is 3.09. The largest absolute Gasteiger partial charge is 0.480 e. The Labute approximate surface area is 116 Å². The Bertz CT molecular complexity index is 592. The lowest BCUT2D eigenvalue weighted by molar-refractivity contribution is -0.387. The first kappa shape index (κ1) is 16.4. The average molecular weight is 304 g/mol. The second-order valence-corrected chi connectivity index (χ2v) is 3.92. The second-order valence-electron chi connectivity index (χ2n) is 3.92. The highest BCUT2D eigenvalue weighted by Crippen LogP contribution is 2.21. The topological polar surface area (TPSA) is 130 Å². The van der Waals surface area contributed by atoms with Gasteiger partial charge in [0.2, 0.25) is 5.82 Å². The van der Waals surface area contributed by atoms with E-state index in [1.54, 1.807) is 0 Å². The second kappa shape index (κ2) is 6.70. The summed E-state index contributed by atoms with van der Waals surface area (Å²) in [7, 11) is 0. The average Bonchev–Trinajstić information content (AvgIpc) is 2.37. The molecule has 0 saturated carbocycles. The number of aliphatic hydroxyl groups is 1. The van der Waals surface area contributed by atoms with Crippen molar-refractivity contribution in [3.05, 3.63) is 39.4 Å². The Morgan fingerprint density at radius 2 is 1.95 bits per heavy atom. The highest BCUT2D eigenvalue weighted by Gasteiger charge is 2.25. The van der Waals surface area contributed by atoms with Crippen LogP contribution in [0.3, 0.4) is 0 Å². The molecule has 0 saturated heterocycles. The standard InChI is InChI=1S/C11H10F2N2O6/c12-6-4-7(13)9(15(20)21)3-5(6)10(17)14-8(1-2-16)11(18)19/h3-4,8,16H,1-2H2,(H,14,17)(H,18,19)/t8-/m0/s1. The zero-order chi connectivity index (χ0) is 16.2. The molecule has 1 aromatic rings. The molecule has 3 N–H and O–H groups in total. The third-order valence-corrected chi connectivity index (χ3v) is 2.50. The number of aliphatic carboxylic acids is 1. The fraction of sp³-hybridized carbons (Fsp3) is 0.273. The van der Waals surface area contributed by atoms with Crippen molar-refractivity contribution >= 4 is 17.6 Å². The molecule has 10 heteroatoms. The van der Waals surface area contributed by atoms with Crippen molar-refractivity contribution in [2.75, 3.05) is 6.61 Å². The van der Waals surface area contributed by atoms with Crippen LogP contribution in [0.5, 0.6) is 0 Å². The van der Waals surface area contributed by atoms with Gasteiger partial charge in [-0.3, -0.25) is 14.9 Å². The van der Waals surface area contributed by atoms with Crippen molar-refractivity contribution in [1.29, 1.82) is 0 Å². The number of carbonyl (C=O) groups excluding carboxylic acids is 1. The number of carboxylic acids is 1. The quantitative estimate of drug-likeness (QED) is 0.516. The van der Waals surface area contributed by atoms with Crippen LogP contribution in [0.4, 0.5) is 14.5 Å². The normalized spacial score (nSPS) is 11.8. The molecule has 0 bridgehead atoms. The van der Waals surface area contributed by atoms with E-state index in [1.807, 2.05) is 5.32 Å². The predicted octanol–water partition coefficient (Wildman–Crippen LogP) is 0.438. The van der Waals surface area contributed by atoms with Crippen LogP contribution < -0.4 is 5.32 Å². The lowest BCUT2D eigenvalue weighted by Crippen LogP contribution is -2.41. The van der Waals surface area contributed by atoms with Gasteiger partial charge >= 0.3 is 11.7 Å². The first-order valence-electron chi connectivity index (χ1n) is 5.56. The summed E-state index contributed by atoms with van der Waals surface area (Å²) in [6.45, 7) is -0.552. The zero-order valence-corrected chi connectivity index (χ0v) is 10.4. The molecule has 8 nitrogen and oxygen atoms in total. The highest BCUT2D eigenvalue weighted by atomic mass is 19.1. The number of carbonyl (C=O) groups is 2. The Morgan fingerprint density at radius 3 is 2.43 bits per heavy atom. The Hall–Kier alpha value is -2.62. The maximum absolute atomic E-state index is 13.5. The van der Waals surface area contributed by atoms with Crippen molar-refractivity contribution in [1.82, 2.24) is 5.32 Å². The summed E-state index contributed by atoms with van der Waals surface area (Å²) in [5.74, 6) is -5.58. The molecule has 0 aliphatic rings. The summed E-state index contributed by atoms with van der Waals surface area (Å²) in [4.78, 5) is 31.9. The van der Waals surface area contributed by atoms with Crippen molar-refractivity contribution in [3.63, 3.8) is 0 Å². The first-order valence-corrected chi connectivity index (χ1v) is 5.56. The van der Waals surface area contributed by atoms with Gasteiger partial charge in [0, 0.05) is 25.2 Å². The third-order valence-electron chi connectivity index (χ3n) is 2.50. The van der Waals surface area contributed by atoms with Gasteiger partial charge in [0.05, 0.1) is 10.5 Å². The minimum atomic E-state index is -1.51. The molecular weight excluding hydrogens is 294 g/mol. The molecule has 0 spiro atoms. The minimum Gasteiger partial charge on any atom is -0.480 e. The fourth-order valence-electron chi connectivity index (χ4n) is 1.47. The zero-order valence-electron chi connectivity index (χ0n) is 10.4. The van der Waals surface area contributed by atoms with E-state index in [1.165, 1.54) is 0 Å². The molecule has 0 fully saturated rings. The Kier molecular flexibility index (Phi) is 5.24. The summed E-state index contributed by atoms with van der Waals surface area (Å²) >= 11 is 0. The molecule has 1 rings (SSSR count). The maximum atomic E-state index is 13.5. The van der Waals surface area contributed by atoms with Crippen LogP contribution >= 0.6 is 0 Å². The predicted molar refractivity (Wildman–Crippen MR) is 63.6 cm³/mol. The molecular formula is C11H10F2N2O6. The van der Waals surface area contributed by atoms with Gasteiger partial charge in [0.25, 0.3) is 5.91 Å². The highest BCUT2D eigenvalue weighted by molar-refractivity contribution is 5.97. The molecule has 0 unspecified atom stereocenters. The van der Waals surface area contributed by atoms with E-state index in [0.717, 1.165) is 0 Å². The molecule has 0 aliphatic heterocycles. The number of hydrogen-bond acceptors (Lipinski definition) is 5. The fourth-order valence-corrected chi connectivity index (χ4v) is 1.47. The maximum Gasteiger partial charge on any atom is 0.326 e. The first-order chi connectivity index (χ1) is 9.77. The number of amides is 1. The van der Waals surface area contributed by atoms with E-state index in [4.69, 9.17) is 10.2 Å². The number of halogens is 2. The van der Waals surface area contributed by atoms with Crippen LogP contribution in [-0.4, -0.2) is 39.7 Å². The molecule has 1 atom stereocenters. The number of benzene rings is 1. The third kappa shape index (κ3) is 3.92. The van der Waals surface area contributed by atoms with Gasteiger partial charge in [-0.2, -0.15) is 4.39 Å². The van der Waals surface area contributed by atoms with Gasteiger partial charge in [-0.05, 0) is 0 Å². The summed E-state index contributed by atoms with van der Waals surface area (Å²) in [5, 5.41) is 29.8. The van der Waals surface area contributed by atoms with Gasteiger partial charge in [-0.25, -0.2) is 9.18 Å². The lowest BCUT2D eigenvalue weighted by atomic mass is 10.1. The van der Waals surface area contributed by atoms with E-state index in [2.05, 4.69) is 0 Å². The Morgan fingerprint density at radius 1 is 1.33 bits per heavy atom. The van der Waals surface area contributed by atoms with Gasteiger partial charge in [0.15, 0.2) is 0 Å². The molecule has 0 heterocycles. The van der Waals surface area contributed by atoms with Crippen molar-refractivity contribution < 1.29 is 33.5 Å². The lowest BCUT2D eigenvalue weighted by Gasteiger charge is -2.13. The summed E-state index contributed by atoms with van der Waals surface area (Å²) in [6.07, 6.45) is -0.341. The van der Waals surface area contributed by atoms with E-state index in [-0.39, 0.29) is 12.5 Å². The molecule has 21 heavy (non-hydrogen) atoms. The van der Waals surface area contributed by atoms with Crippen LogP contribution in [0.1, 0.15) is 16.8 Å².